The number of nitrogens with one attached hydrogen (secondary N) is 1. The number of hydrogen-bond acceptors (Lipinski definition) is 5. The van der Waals surface area contributed by atoms with Crippen LogP contribution in [0.1, 0.15) is 354 Å². The van der Waals surface area contributed by atoms with Crippen LogP contribution in [0.3, 0.4) is 0 Å². The molecule has 0 spiro atoms. The summed E-state index contributed by atoms with van der Waals surface area (Å²) in [7, 11) is 0. The number of aliphatic hydroxyl groups excluding tert-OH is 2. The maximum Gasteiger partial charge on any atom is 0.305 e. The van der Waals surface area contributed by atoms with E-state index in [2.05, 4.69) is 43.5 Å². The lowest BCUT2D eigenvalue weighted by Crippen LogP contribution is -2.45. The number of unbranched alkanes of at least 4 members (excludes halogenated alkanes) is 46. The zero-order valence-corrected chi connectivity index (χ0v) is 49.1. The Hall–Kier alpha value is -1.92. The van der Waals surface area contributed by atoms with E-state index < -0.39 is 12.1 Å². The van der Waals surface area contributed by atoms with E-state index in [-0.39, 0.29) is 18.5 Å². The lowest BCUT2D eigenvalue weighted by molar-refractivity contribution is -0.143. The predicted molar refractivity (Wildman–Crippen MR) is 319 cm³/mol. The minimum Gasteiger partial charge on any atom is -0.466 e. The lowest BCUT2D eigenvalue weighted by atomic mass is 10.0. The molecule has 2 atom stereocenters. The van der Waals surface area contributed by atoms with Gasteiger partial charge in [-0.1, -0.05) is 294 Å². The molecule has 0 radical (unpaired) electrons. The van der Waals surface area contributed by atoms with Gasteiger partial charge in [-0.3, -0.25) is 9.59 Å². The van der Waals surface area contributed by atoms with Gasteiger partial charge in [0.25, 0.3) is 0 Å². The molecule has 73 heavy (non-hydrogen) atoms. The molecule has 0 aliphatic heterocycles. The van der Waals surface area contributed by atoms with Crippen molar-refractivity contribution in [3.8, 4) is 0 Å². The molecular weight excluding hydrogens is 899 g/mol. The van der Waals surface area contributed by atoms with Crippen LogP contribution in [0, 0.1) is 0 Å². The second-order valence-electron chi connectivity index (χ2n) is 22.4. The maximum absolute atomic E-state index is 12.5. The number of allylic oxidation sites excluding steroid dienone is 5. The highest BCUT2D eigenvalue weighted by Crippen LogP contribution is 2.17. The molecule has 6 heteroatoms. The first-order valence-corrected chi connectivity index (χ1v) is 32.8. The molecule has 0 aromatic heterocycles. The van der Waals surface area contributed by atoms with E-state index in [1.807, 2.05) is 6.08 Å². The van der Waals surface area contributed by atoms with Crippen LogP contribution in [0.4, 0.5) is 0 Å². The van der Waals surface area contributed by atoms with E-state index in [1.165, 1.54) is 276 Å². The summed E-state index contributed by atoms with van der Waals surface area (Å²) in [5.41, 5.74) is 0. The first kappa shape index (κ1) is 71.1. The summed E-state index contributed by atoms with van der Waals surface area (Å²) in [5, 5.41) is 23.2. The molecule has 1 amide bonds. The highest BCUT2D eigenvalue weighted by atomic mass is 16.5. The van der Waals surface area contributed by atoms with Crippen molar-refractivity contribution in [3.05, 3.63) is 36.5 Å². The van der Waals surface area contributed by atoms with E-state index in [1.54, 1.807) is 6.08 Å². The average Bonchev–Trinajstić information content (AvgIpc) is 3.39. The molecule has 6 nitrogen and oxygen atoms in total. The molecule has 0 heterocycles. The van der Waals surface area contributed by atoms with Crippen molar-refractivity contribution in [2.24, 2.45) is 0 Å². The van der Waals surface area contributed by atoms with Gasteiger partial charge < -0.3 is 20.3 Å². The topological polar surface area (TPSA) is 95.9 Å². The molecule has 0 bridgehead atoms. The van der Waals surface area contributed by atoms with Crippen molar-refractivity contribution >= 4 is 11.9 Å². The first-order chi connectivity index (χ1) is 36.0. The first-order valence-electron chi connectivity index (χ1n) is 32.8. The van der Waals surface area contributed by atoms with E-state index >= 15 is 0 Å². The summed E-state index contributed by atoms with van der Waals surface area (Å²) in [6.45, 7) is 4.91. The normalized spacial score (nSPS) is 12.8. The number of carbonyl (C=O) groups excluding carboxylic acids is 2. The zero-order chi connectivity index (χ0) is 52.9. The van der Waals surface area contributed by atoms with Gasteiger partial charge in [0.05, 0.1) is 25.4 Å². The van der Waals surface area contributed by atoms with Gasteiger partial charge >= 0.3 is 5.97 Å². The molecule has 0 saturated heterocycles. The quantitative estimate of drug-likeness (QED) is 0.0320. The second-order valence-corrected chi connectivity index (χ2v) is 22.4. The molecule has 0 aliphatic rings. The monoisotopic (exact) mass is 1030 g/mol. The fourth-order valence-electron chi connectivity index (χ4n) is 10.1. The van der Waals surface area contributed by atoms with E-state index in [9.17, 15) is 19.8 Å². The molecule has 0 saturated carbocycles. The molecular formula is C67H127NO5. The van der Waals surface area contributed by atoms with Crippen molar-refractivity contribution in [2.75, 3.05) is 13.2 Å². The Bertz CT molecular complexity index is 1180. The predicted octanol–water partition coefficient (Wildman–Crippen LogP) is 20.8. The van der Waals surface area contributed by atoms with Gasteiger partial charge in [-0.2, -0.15) is 0 Å². The fraction of sp³-hybridized carbons (Fsp3) is 0.881. The molecule has 0 aliphatic carbocycles. The van der Waals surface area contributed by atoms with Gasteiger partial charge in [0, 0.05) is 12.8 Å². The van der Waals surface area contributed by atoms with E-state index in [0.29, 0.717) is 19.4 Å². The molecule has 2 unspecified atom stereocenters. The van der Waals surface area contributed by atoms with Crippen LogP contribution in [-0.2, 0) is 14.3 Å². The van der Waals surface area contributed by atoms with Crippen molar-refractivity contribution in [3.63, 3.8) is 0 Å². The second kappa shape index (κ2) is 62.6. The summed E-state index contributed by atoms with van der Waals surface area (Å²) in [5.74, 6) is -0.0792. The number of esters is 1. The average molecular weight is 1030 g/mol. The Morgan fingerprint density at radius 2 is 0.644 bits per heavy atom. The number of carbonyl (C=O) groups is 2. The van der Waals surface area contributed by atoms with Crippen LogP contribution in [0.2, 0.25) is 0 Å². The molecule has 0 fully saturated rings. The van der Waals surface area contributed by atoms with Gasteiger partial charge in [0.15, 0.2) is 0 Å². The van der Waals surface area contributed by atoms with Crippen LogP contribution < -0.4 is 5.32 Å². The summed E-state index contributed by atoms with van der Waals surface area (Å²) >= 11 is 0. The number of hydrogen-bond donors (Lipinski definition) is 3. The molecule has 0 aromatic carbocycles. The Balaban J connectivity index is 3.47. The van der Waals surface area contributed by atoms with Crippen molar-refractivity contribution in [2.45, 2.75) is 366 Å². The zero-order valence-electron chi connectivity index (χ0n) is 49.1. The highest BCUT2D eigenvalue weighted by Gasteiger charge is 2.18. The SMILES string of the molecule is CCCCCCCC/C=C\CCCCCCCC(=O)OCCCCCCCCCC/C=C\CCCCCCCCCC(=O)NC(CO)C(O)/C=C/CCCCCCCCCCCCCCCCCCCCCC. The third-order valence-electron chi connectivity index (χ3n) is 15.1. The van der Waals surface area contributed by atoms with Crippen LogP contribution in [0.15, 0.2) is 36.5 Å². The molecule has 0 rings (SSSR count). The van der Waals surface area contributed by atoms with Crippen molar-refractivity contribution in [1.29, 1.82) is 0 Å². The number of aliphatic hydroxyl groups is 2. The van der Waals surface area contributed by atoms with Gasteiger partial charge in [-0.15, -0.1) is 0 Å². The third kappa shape index (κ3) is 59.2. The molecule has 3 N–H and O–H groups in total. The summed E-state index contributed by atoms with van der Waals surface area (Å²) < 4.78 is 5.48. The number of rotatable bonds is 61. The van der Waals surface area contributed by atoms with E-state index in [0.717, 1.165) is 51.4 Å². The molecule has 430 valence electrons. The number of amides is 1. The largest absolute Gasteiger partial charge is 0.466 e. The van der Waals surface area contributed by atoms with Crippen molar-refractivity contribution in [1.82, 2.24) is 5.32 Å². The summed E-state index contributed by atoms with van der Waals surface area (Å²) in [6, 6.07) is -0.637. The lowest BCUT2D eigenvalue weighted by Gasteiger charge is -2.20. The summed E-state index contributed by atoms with van der Waals surface area (Å²) in [4.78, 5) is 24.6. The van der Waals surface area contributed by atoms with E-state index in [4.69, 9.17) is 4.74 Å². The van der Waals surface area contributed by atoms with Crippen LogP contribution in [0.5, 0.6) is 0 Å². The third-order valence-corrected chi connectivity index (χ3v) is 15.1. The van der Waals surface area contributed by atoms with Crippen LogP contribution >= 0.6 is 0 Å². The Morgan fingerprint density at radius 1 is 0.370 bits per heavy atom. The standard InChI is InChI=1S/C67H127NO5/c1-3-5-7-9-11-13-15-17-19-20-21-22-23-25-28-32-35-39-43-47-51-55-59-65(70)64(63-69)68-66(71)60-56-52-48-44-40-36-33-29-26-24-27-30-34-38-42-46-50-54-58-62-73-67(72)61-57-53-49-45-41-37-31-18-16-14-12-10-8-6-4-2/h18,24,26,31,55,59,64-65,69-70H,3-17,19-23,25,27-30,32-54,56-58,60-63H2,1-2H3,(H,68,71)/b26-24-,31-18-,59-55+. The van der Waals surface area contributed by atoms with Gasteiger partial charge in [-0.25, -0.2) is 0 Å². The Kier molecular flexibility index (Phi) is 61.0. The Morgan fingerprint density at radius 3 is 0.973 bits per heavy atom. The minimum absolute atomic E-state index is 0.00436. The minimum atomic E-state index is -0.852. The molecule has 0 aromatic rings. The summed E-state index contributed by atoms with van der Waals surface area (Å²) in [6.07, 6.45) is 79.0. The highest BCUT2D eigenvalue weighted by molar-refractivity contribution is 5.76. The fourth-order valence-corrected chi connectivity index (χ4v) is 10.1. The number of ether oxygens (including phenoxy) is 1. The Labute approximate surface area is 455 Å². The van der Waals surface area contributed by atoms with Gasteiger partial charge in [0.1, 0.15) is 0 Å². The van der Waals surface area contributed by atoms with Crippen LogP contribution in [0.25, 0.3) is 0 Å². The van der Waals surface area contributed by atoms with Crippen LogP contribution in [-0.4, -0.2) is 47.4 Å². The van der Waals surface area contributed by atoms with Gasteiger partial charge in [0.2, 0.25) is 5.91 Å². The van der Waals surface area contributed by atoms with Gasteiger partial charge in [-0.05, 0) is 83.5 Å². The maximum atomic E-state index is 12.5. The van der Waals surface area contributed by atoms with Crippen molar-refractivity contribution < 1.29 is 24.5 Å². The smallest absolute Gasteiger partial charge is 0.305 e.